The van der Waals surface area contributed by atoms with E-state index in [0.717, 1.165) is 10.5 Å². The summed E-state index contributed by atoms with van der Waals surface area (Å²) in [6.45, 7) is 4.59. The minimum absolute atomic E-state index is 0.00180. The van der Waals surface area contributed by atoms with Crippen LogP contribution in [0.15, 0.2) is 24.3 Å². The summed E-state index contributed by atoms with van der Waals surface area (Å²) >= 11 is 5.82. The predicted octanol–water partition coefficient (Wildman–Crippen LogP) is 0.589. The Morgan fingerprint density at radius 2 is 1.85 bits per heavy atom. The molecule has 0 aromatic heterocycles. The molecule has 1 atom stereocenters. The standard InChI is InChI=1S/C14H20ClN3O2/c1-10(2)16-14(20)17-13(19)9-18(3)8-11-4-6-12(15)7-5-11/h4-7,10H,8-9H2,1-3H3,(H2,16,17,19,20)/p+1. The fourth-order valence-corrected chi connectivity index (χ4v) is 1.88. The minimum Gasteiger partial charge on any atom is -0.336 e. The Morgan fingerprint density at radius 3 is 2.40 bits per heavy atom. The van der Waals surface area contributed by atoms with Crippen molar-refractivity contribution in [3.63, 3.8) is 0 Å². The molecule has 0 aliphatic rings. The number of benzene rings is 1. The van der Waals surface area contributed by atoms with Crippen molar-refractivity contribution < 1.29 is 14.5 Å². The van der Waals surface area contributed by atoms with Crippen LogP contribution in [0, 0.1) is 0 Å². The topological polar surface area (TPSA) is 62.6 Å². The Hall–Kier alpha value is -1.59. The highest BCUT2D eigenvalue weighted by Gasteiger charge is 2.13. The molecule has 0 spiro atoms. The molecule has 1 aromatic carbocycles. The van der Waals surface area contributed by atoms with E-state index < -0.39 is 6.03 Å². The first kappa shape index (κ1) is 16.5. The molecule has 110 valence electrons. The van der Waals surface area contributed by atoms with Crippen molar-refractivity contribution in [1.29, 1.82) is 0 Å². The van der Waals surface area contributed by atoms with Gasteiger partial charge in [-0.2, -0.15) is 0 Å². The van der Waals surface area contributed by atoms with Crippen molar-refractivity contribution >= 4 is 23.5 Å². The summed E-state index contributed by atoms with van der Waals surface area (Å²) in [4.78, 5) is 24.0. The van der Waals surface area contributed by atoms with Gasteiger partial charge in [0, 0.05) is 16.6 Å². The van der Waals surface area contributed by atoms with Gasteiger partial charge in [-0.15, -0.1) is 0 Å². The Morgan fingerprint density at radius 1 is 1.25 bits per heavy atom. The maximum atomic E-state index is 11.7. The fraction of sp³-hybridized carbons (Fsp3) is 0.429. The van der Waals surface area contributed by atoms with Gasteiger partial charge in [0.25, 0.3) is 5.91 Å². The van der Waals surface area contributed by atoms with Crippen LogP contribution in [0.2, 0.25) is 5.02 Å². The molecule has 3 N–H and O–H groups in total. The summed E-state index contributed by atoms with van der Waals surface area (Å²) in [5.41, 5.74) is 1.09. The molecule has 20 heavy (non-hydrogen) atoms. The van der Waals surface area contributed by atoms with Crippen LogP contribution >= 0.6 is 11.6 Å². The summed E-state index contributed by atoms with van der Waals surface area (Å²) in [7, 11) is 1.90. The lowest BCUT2D eigenvalue weighted by Crippen LogP contribution is -3.09. The summed E-state index contributed by atoms with van der Waals surface area (Å²) < 4.78 is 0. The summed E-state index contributed by atoms with van der Waals surface area (Å²) in [5, 5.41) is 5.60. The molecule has 0 aliphatic heterocycles. The third-order valence-corrected chi connectivity index (χ3v) is 2.81. The molecule has 1 rings (SSSR count). The molecule has 0 radical (unpaired) electrons. The molecule has 0 fully saturated rings. The fourth-order valence-electron chi connectivity index (χ4n) is 1.76. The van der Waals surface area contributed by atoms with E-state index >= 15 is 0 Å². The van der Waals surface area contributed by atoms with E-state index in [-0.39, 0.29) is 18.5 Å². The zero-order valence-electron chi connectivity index (χ0n) is 12.0. The second kappa shape index (κ2) is 7.87. The number of imide groups is 1. The van der Waals surface area contributed by atoms with Crippen LogP contribution in [0.5, 0.6) is 0 Å². The molecule has 0 bridgehead atoms. The number of hydrogen-bond donors (Lipinski definition) is 3. The van der Waals surface area contributed by atoms with E-state index in [4.69, 9.17) is 11.6 Å². The van der Waals surface area contributed by atoms with Gasteiger partial charge in [0.05, 0.1) is 7.05 Å². The number of urea groups is 1. The summed E-state index contributed by atoms with van der Waals surface area (Å²) in [6.07, 6.45) is 0. The number of halogens is 1. The minimum atomic E-state index is -0.454. The lowest BCUT2D eigenvalue weighted by Gasteiger charge is -2.14. The van der Waals surface area contributed by atoms with Crippen molar-refractivity contribution in [3.05, 3.63) is 34.9 Å². The second-order valence-electron chi connectivity index (χ2n) is 5.11. The first-order chi connectivity index (χ1) is 9.36. The Bertz CT molecular complexity index is 460. The van der Waals surface area contributed by atoms with Crippen LogP contribution in [0.3, 0.4) is 0 Å². The molecule has 3 amide bonds. The first-order valence-electron chi connectivity index (χ1n) is 6.53. The molecule has 1 aromatic rings. The third kappa shape index (κ3) is 6.54. The molecule has 0 saturated carbocycles. The number of quaternary nitrogens is 1. The number of carbonyl (C=O) groups excluding carboxylic acids is 2. The largest absolute Gasteiger partial charge is 0.336 e. The maximum absolute atomic E-state index is 11.7. The van der Waals surface area contributed by atoms with Gasteiger partial charge < -0.3 is 10.2 Å². The van der Waals surface area contributed by atoms with Crippen LogP contribution in [0.1, 0.15) is 19.4 Å². The smallest absolute Gasteiger partial charge is 0.321 e. The van der Waals surface area contributed by atoms with Crippen LogP contribution in [0.4, 0.5) is 4.79 Å². The Labute approximate surface area is 124 Å². The average Bonchev–Trinajstić information content (AvgIpc) is 2.30. The van der Waals surface area contributed by atoms with Crippen LogP contribution in [-0.2, 0) is 11.3 Å². The van der Waals surface area contributed by atoms with Gasteiger partial charge >= 0.3 is 6.03 Å². The van der Waals surface area contributed by atoms with Crippen molar-refractivity contribution in [3.8, 4) is 0 Å². The number of carbonyl (C=O) groups is 2. The molecule has 5 nitrogen and oxygen atoms in total. The van der Waals surface area contributed by atoms with Gasteiger partial charge in [-0.05, 0) is 26.0 Å². The van der Waals surface area contributed by atoms with E-state index in [0.29, 0.717) is 11.6 Å². The SMILES string of the molecule is CC(C)NC(=O)NC(=O)C[NH+](C)Cc1ccc(Cl)cc1. The second-order valence-corrected chi connectivity index (χ2v) is 5.55. The highest BCUT2D eigenvalue weighted by Crippen LogP contribution is 2.08. The van der Waals surface area contributed by atoms with Gasteiger partial charge in [0.1, 0.15) is 6.54 Å². The number of nitrogens with one attached hydrogen (secondary N) is 3. The van der Waals surface area contributed by atoms with E-state index in [9.17, 15) is 9.59 Å². The lowest BCUT2D eigenvalue weighted by atomic mass is 10.2. The molecule has 0 saturated heterocycles. The van der Waals surface area contributed by atoms with Gasteiger partial charge in [-0.3, -0.25) is 10.1 Å². The molecular formula is C14H21ClN3O2+. The summed E-state index contributed by atoms with van der Waals surface area (Å²) in [5.74, 6) is -0.297. The predicted molar refractivity (Wildman–Crippen MR) is 78.7 cm³/mol. The van der Waals surface area contributed by atoms with E-state index in [1.54, 1.807) is 0 Å². The molecule has 6 heteroatoms. The Balaban J connectivity index is 2.38. The molecule has 0 heterocycles. The lowest BCUT2D eigenvalue weighted by molar-refractivity contribution is -0.885. The average molecular weight is 299 g/mol. The van der Waals surface area contributed by atoms with Crippen molar-refractivity contribution in [2.24, 2.45) is 0 Å². The van der Waals surface area contributed by atoms with Crippen LogP contribution in [-0.4, -0.2) is 31.6 Å². The van der Waals surface area contributed by atoms with Crippen molar-refractivity contribution in [2.75, 3.05) is 13.6 Å². The van der Waals surface area contributed by atoms with Gasteiger partial charge in [0.2, 0.25) is 0 Å². The number of hydrogen-bond acceptors (Lipinski definition) is 2. The van der Waals surface area contributed by atoms with E-state index in [1.165, 1.54) is 0 Å². The monoisotopic (exact) mass is 298 g/mol. The van der Waals surface area contributed by atoms with Crippen LogP contribution in [0.25, 0.3) is 0 Å². The highest BCUT2D eigenvalue weighted by molar-refractivity contribution is 6.30. The van der Waals surface area contributed by atoms with Gasteiger partial charge in [0.15, 0.2) is 6.54 Å². The molecular weight excluding hydrogens is 278 g/mol. The zero-order valence-corrected chi connectivity index (χ0v) is 12.8. The van der Waals surface area contributed by atoms with Gasteiger partial charge in [-0.1, -0.05) is 23.7 Å². The normalized spacial score (nSPS) is 12.1. The molecule has 0 aliphatic carbocycles. The van der Waals surface area contributed by atoms with Gasteiger partial charge in [-0.25, -0.2) is 4.79 Å². The zero-order chi connectivity index (χ0) is 15.1. The first-order valence-corrected chi connectivity index (χ1v) is 6.90. The van der Waals surface area contributed by atoms with Crippen LogP contribution < -0.4 is 15.5 Å². The quantitative estimate of drug-likeness (QED) is 0.745. The third-order valence-electron chi connectivity index (χ3n) is 2.55. The van der Waals surface area contributed by atoms with Crippen molar-refractivity contribution in [1.82, 2.24) is 10.6 Å². The summed E-state index contributed by atoms with van der Waals surface area (Å²) in [6, 6.07) is 7.04. The van der Waals surface area contributed by atoms with E-state index in [1.807, 2.05) is 45.2 Å². The van der Waals surface area contributed by atoms with E-state index in [2.05, 4.69) is 10.6 Å². The number of amides is 3. The number of likely N-dealkylation sites (N-methyl/N-ethyl adjacent to an activating group) is 1. The van der Waals surface area contributed by atoms with Crippen molar-refractivity contribution in [2.45, 2.75) is 26.4 Å². The Kier molecular flexibility index (Phi) is 6.48. The number of rotatable bonds is 5. The highest BCUT2D eigenvalue weighted by atomic mass is 35.5. The molecule has 1 unspecified atom stereocenters. The maximum Gasteiger partial charge on any atom is 0.321 e.